The molecule has 0 spiro atoms. The molecule has 2 aromatic rings. The number of nitrogens with zero attached hydrogens (tertiary/aromatic N) is 1. The van der Waals surface area contributed by atoms with E-state index in [1.807, 2.05) is 5.38 Å². The lowest BCUT2D eigenvalue weighted by Gasteiger charge is -2.29. The van der Waals surface area contributed by atoms with Gasteiger partial charge in [0.2, 0.25) is 0 Å². The quantitative estimate of drug-likeness (QED) is 0.765. The van der Waals surface area contributed by atoms with Crippen LogP contribution in [0.2, 0.25) is 0 Å². The highest BCUT2D eigenvalue weighted by Crippen LogP contribution is 2.22. The standard InChI is InChI=1S/C18H24N2O3S2/c1-4-20(5-2)17(15-10-11-24-13-15)12-19-18(21)14-6-8-16(9-7-14)25(3,22)23/h6-11,13,17H,4-5,12H2,1-3H3,(H,19,21). The van der Waals surface area contributed by atoms with Crippen molar-refractivity contribution >= 4 is 27.1 Å². The lowest BCUT2D eigenvalue weighted by Crippen LogP contribution is -2.37. The molecule has 25 heavy (non-hydrogen) atoms. The average molecular weight is 381 g/mol. The van der Waals surface area contributed by atoms with E-state index in [0.29, 0.717) is 12.1 Å². The normalized spacial score (nSPS) is 13.0. The maximum Gasteiger partial charge on any atom is 0.251 e. The van der Waals surface area contributed by atoms with E-state index in [0.717, 1.165) is 19.3 Å². The molecule has 0 aliphatic rings. The maximum absolute atomic E-state index is 12.4. The summed E-state index contributed by atoms with van der Waals surface area (Å²) in [6.45, 7) is 6.51. The van der Waals surface area contributed by atoms with Crippen molar-refractivity contribution in [3.05, 3.63) is 52.2 Å². The molecule has 0 radical (unpaired) electrons. The van der Waals surface area contributed by atoms with E-state index in [9.17, 15) is 13.2 Å². The Kier molecular flexibility index (Phi) is 6.75. The summed E-state index contributed by atoms with van der Waals surface area (Å²) >= 11 is 1.64. The second-order valence-corrected chi connectivity index (χ2v) is 8.60. The summed E-state index contributed by atoms with van der Waals surface area (Å²) in [5, 5.41) is 7.12. The summed E-state index contributed by atoms with van der Waals surface area (Å²) in [5.74, 6) is -0.201. The molecule has 1 aromatic carbocycles. The highest BCUT2D eigenvalue weighted by Gasteiger charge is 2.19. The fraction of sp³-hybridized carbons (Fsp3) is 0.389. The topological polar surface area (TPSA) is 66.5 Å². The molecule has 0 aliphatic heterocycles. The third kappa shape index (κ3) is 5.14. The van der Waals surface area contributed by atoms with Crippen LogP contribution in [0.15, 0.2) is 46.0 Å². The van der Waals surface area contributed by atoms with Crippen LogP contribution in [0.4, 0.5) is 0 Å². The molecule has 0 fully saturated rings. The Labute approximate surface area is 153 Å². The van der Waals surface area contributed by atoms with Gasteiger partial charge in [-0.1, -0.05) is 13.8 Å². The molecule has 0 saturated heterocycles. The van der Waals surface area contributed by atoms with E-state index in [4.69, 9.17) is 0 Å². The lowest BCUT2D eigenvalue weighted by atomic mass is 10.1. The van der Waals surface area contributed by atoms with Gasteiger partial charge in [-0.2, -0.15) is 11.3 Å². The second kappa shape index (κ2) is 8.60. The van der Waals surface area contributed by atoms with Gasteiger partial charge in [0.1, 0.15) is 0 Å². The smallest absolute Gasteiger partial charge is 0.251 e. The number of carbonyl (C=O) groups excluding carboxylic acids is 1. The summed E-state index contributed by atoms with van der Waals surface area (Å²) in [5.41, 5.74) is 1.65. The molecule has 1 amide bonds. The fourth-order valence-corrected chi connectivity index (χ4v) is 4.07. The number of thiophene rings is 1. The molecule has 7 heteroatoms. The molecular weight excluding hydrogens is 356 g/mol. The van der Waals surface area contributed by atoms with Crippen LogP contribution in [0, 0.1) is 0 Å². The van der Waals surface area contributed by atoms with Crippen LogP contribution in [0.5, 0.6) is 0 Å². The number of carbonyl (C=O) groups is 1. The van der Waals surface area contributed by atoms with E-state index >= 15 is 0 Å². The largest absolute Gasteiger partial charge is 0.350 e. The molecule has 0 bridgehead atoms. The van der Waals surface area contributed by atoms with Gasteiger partial charge in [0.15, 0.2) is 9.84 Å². The molecule has 1 heterocycles. The zero-order valence-corrected chi connectivity index (χ0v) is 16.4. The van der Waals surface area contributed by atoms with Crippen LogP contribution in [-0.2, 0) is 9.84 Å². The number of benzene rings is 1. The second-order valence-electron chi connectivity index (χ2n) is 5.80. The van der Waals surface area contributed by atoms with Gasteiger partial charge in [-0.25, -0.2) is 8.42 Å². The van der Waals surface area contributed by atoms with Crippen LogP contribution in [0.1, 0.15) is 35.8 Å². The molecule has 2 rings (SSSR count). The van der Waals surface area contributed by atoms with Crippen LogP contribution >= 0.6 is 11.3 Å². The first kappa shape index (κ1) is 19.6. The Morgan fingerprint density at radius 3 is 2.28 bits per heavy atom. The number of hydrogen-bond acceptors (Lipinski definition) is 5. The Hall–Kier alpha value is -1.70. The zero-order chi connectivity index (χ0) is 18.4. The summed E-state index contributed by atoms with van der Waals surface area (Å²) in [6.07, 6.45) is 1.15. The third-order valence-corrected chi connectivity index (χ3v) is 6.01. The highest BCUT2D eigenvalue weighted by atomic mass is 32.2. The maximum atomic E-state index is 12.4. The van der Waals surface area contributed by atoms with Crippen molar-refractivity contribution in [3.63, 3.8) is 0 Å². The van der Waals surface area contributed by atoms with Gasteiger partial charge in [0.05, 0.1) is 10.9 Å². The minimum Gasteiger partial charge on any atom is -0.350 e. The number of amides is 1. The Balaban J connectivity index is 2.08. The number of rotatable bonds is 8. The molecule has 1 N–H and O–H groups in total. The predicted octanol–water partition coefficient (Wildman–Crippen LogP) is 2.96. The molecule has 0 aliphatic carbocycles. The first-order valence-corrected chi connectivity index (χ1v) is 11.0. The van der Waals surface area contributed by atoms with Crippen molar-refractivity contribution in [2.45, 2.75) is 24.8 Å². The molecule has 1 atom stereocenters. The lowest BCUT2D eigenvalue weighted by molar-refractivity contribution is 0.0935. The predicted molar refractivity (Wildman–Crippen MR) is 102 cm³/mol. The number of hydrogen-bond donors (Lipinski definition) is 1. The van der Waals surface area contributed by atoms with Crippen molar-refractivity contribution in [1.82, 2.24) is 10.2 Å². The first-order valence-electron chi connectivity index (χ1n) is 8.21. The van der Waals surface area contributed by atoms with E-state index in [1.165, 1.54) is 17.7 Å². The van der Waals surface area contributed by atoms with Gasteiger partial charge in [-0.3, -0.25) is 9.69 Å². The van der Waals surface area contributed by atoms with Crippen LogP contribution in [0.25, 0.3) is 0 Å². The number of sulfone groups is 1. The monoisotopic (exact) mass is 380 g/mol. The van der Waals surface area contributed by atoms with Gasteiger partial charge in [-0.15, -0.1) is 0 Å². The highest BCUT2D eigenvalue weighted by molar-refractivity contribution is 7.90. The summed E-state index contributed by atoms with van der Waals surface area (Å²) in [6, 6.07) is 8.22. The Morgan fingerprint density at radius 2 is 1.80 bits per heavy atom. The molecule has 5 nitrogen and oxygen atoms in total. The van der Waals surface area contributed by atoms with Crippen molar-refractivity contribution in [2.75, 3.05) is 25.9 Å². The van der Waals surface area contributed by atoms with Crippen molar-refractivity contribution in [1.29, 1.82) is 0 Å². The van der Waals surface area contributed by atoms with E-state index in [1.54, 1.807) is 23.5 Å². The van der Waals surface area contributed by atoms with Crippen LogP contribution in [-0.4, -0.2) is 45.1 Å². The van der Waals surface area contributed by atoms with E-state index < -0.39 is 9.84 Å². The molecule has 1 unspecified atom stereocenters. The van der Waals surface area contributed by atoms with Crippen LogP contribution < -0.4 is 5.32 Å². The minimum absolute atomic E-state index is 0.125. The van der Waals surface area contributed by atoms with E-state index in [2.05, 4.69) is 35.5 Å². The summed E-state index contributed by atoms with van der Waals surface area (Å²) in [7, 11) is -3.26. The SMILES string of the molecule is CCN(CC)C(CNC(=O)c1ccc(S(C)(=O)=O)cc1)c1ccsc1. The van der Waals surface area contributed by atoms with Gasteiger partial charge in [-0.05, 0) is 59.7 Å². The van der Waals surface area contributed by atoms with Gasteiger partial charge in [0.25, 0.3) is 5.91 Å². The molecule has 1 aromatic heterocycles. The van der Waals surface area contributed by atoms with Gasteiger partial charge < -0.3 is 5.32 Å². The van der Waals surface area contributed by atoms with Crippen molar-refractivity contribution < 1.29 is 13.2 Å². The minimum atomic E-state index is -3.26. The van der Waals surface area contributed by atoms with Crippen LogP contribution in [0.3, 0.4) is 0 Å². The fourth-order valence-electron chi connectivity index (χ4n) is 2.73. The molecule has 0 saturated carbocycles. The van der Waals surface area contributed by atoms with Crippen molar-refractivity contribution in [3.8, 4) is 0 Å². The average Bonchev–Trinajstić information content (AvgIpc) is 3.12. The Bertz CT molecular complexity index is 780. The van der Waals surface area contributed by atoms with E-state index in [-0.39, 0.29) is 16.8 Å². The molecule has 136 valence electrons. The van der Waals surface area contributed by atoms with Gasteiger partial charge in [0, 0.05) is 18.4 Å². The summed E-state index contributed by atoms with van der Waals surface area (Å²) in [4.78, 5) is 14.9. The zero-order valence-electron chi connectivity index (χ0n) is 14.7. The van der Waals surface area contributed by atoms with Gasteiger partial charge >= 0.3 is 0 Å². The Morgan fingerprint density at radius 1 is 1.16 bits per heavy atom. The summed E-state index contributed by atoms with van der Waals surface area (Å²) < 4.78 is 23.0. The number of likely N-dealkylation sites (N-methyl/N-ethyl adjacent to an activating group) is 1. The third-order valence-electron chi connectivity index (χ3n) is 4.18. The number of nitrogens with one attached hydrogen (secondary N) is 1. The molecular formula is C18H24N2O3S2. The first-order chi connectivity index (χ1) is 11.9. The van der Waals surface area contributed by atoms with Crippen molar-refractivity contribution in [2.24, 2.45) is 0 Å².